The molecule has 1 aliphatic rings. The number of halogens is 1. The van der Waals surface area contributed by atoms with E-state index in [2.05, 4.69) is 9.62 Å². The summed E-state index contributed by atoms with van der Waals surface area (Å²) in [4.78, 5) is 17.5. The minimum Gasteiger partial charge on any atom is -0.392 e. The number of likely N-dealkylation sites (tertiary alicyclic amines) is 1. The molecule has 1 saturated heterocycles. The average Bonchev–Trinajstić information content (AvgIpc) is 3.32. The summed E-state index contributed by atoms with van der Waals surface area (Å²) in [7, 11) is -1.75. The lowest BCUT2D eigenvalue weighted by Crippen LogP contribution is -2.39. The van der Waals surface area contributed by atoms with E-state index in [0.29, 0.717) is 13.1 Å². The largest absolute Gasteiger partial charge is 0.392 e. The molecule has 3 aromatic carbocycles. The smallest absolute Gasteiger partial charge is 0.240 e. The summed E-state index contributed by atoms with van der Waals surface area (Å²) in [5, 5.41) is 9.93. The number of hydrogen-bond acceptors (Lipinski definition) is 5. The molecule has 0 aromatic heterocycles. The summed E-state index contributed by atoms with van der Waals surface area (Å²) < 4.78 is 27.5. The van der Waals surface area contributed by atoms with Gasteiger partial charge in [-0.2, -0.15) is 0 Å². The molecule has 198 valence electrons. The Morgan fingerprint density at radius 3 is 2.19 bits per heavy atom. The molecule has 1 amide bonds. The number of sulfonamides is 1. The third-order valence-electron chi connectivity index (χ3n) is 6.62. The number of nitrogens with zero attached hydrogens (tertiary/aromatic N) is 2. The second-order valence-electron chi connectivity index (χ2n) is 9.26. The van der Waals surface area contributed by atoms with E-state index in [9.17, 15) is 18.3 Å². The minimum atomic E-state index is -3.58. The van der Waals surface area contributed by atoms with Crippen LogP contribution in [0.1, 0.15) is 29.2 Å². The summed E-state index contributed by atoms with van der Waals surface area (Å²) in [5.41, 5.74) is 2.74. The second-order valence-corrected chi connectivity index (χ2v) is 11.0. The first-order chi connectivity index (χ1) is 17.3. The number of β-amino-alcohol motifs (C(OH)–C–C–N with tert-alkyl or cyclic N) is 1. The molecular weight excluding hydrogens is 510 g/mol. The van der Waals surface area contributed by atoms with Crippen LogP contribution in [0.4, 0.5) is 0 Å². The molecule has 1 heterocycles. The van der Waals surface area contributed by atoms with Gasteiger partial charge < -0.3 is 10.0 Å². The zero-order valence-corrected chi connectivity index (χ0v) is 22.5. The van der Waals surface area contributed by atoms with Crippen LogP contribution >= 0.6 is 12.4 Å². The van der Waals surface area contributed by atoms with Crippen LogP contribution in [0.5, 0.6) is 0 Å². The van der Waals surface area contributed by atoms with Gasteiger partial charge in [0.05, 0.1) is 23.5 Å². The highest BCUT2D eigenvalue weighted by Gasteiger charge is 2.28. The topological polar surface area (TPSA) is 90.0 Å². The van der Waals surface area contributed by atoms with Crippen molar-refractivity contribution in [3.8, 4) is 0 Å². The number of likely N-dealkylation sites (N-methyl/N-ethyl adjacent to an activating group) is 1. The lowest BCUT2D eigenvalue weighted by atomic mass is 10.0. The third-order valence-corrected chi connectivity index (χ3v) is 8.04. The predicted octanol–water partition coefficient (Wildman–Crippen LogP) is 3.40. The Bertz CT molecular complexity index is 1240. The predicted molar refractivity (Wildman–Crippen MR) is 147 cm³/mol. The van der Waals surface area contributed by atoms with Crippen molar-refractivity contribution < 1.29 is 18.3 Å². The minimum absolute atomic E-state index is 0. The Balaban J connectivity index is 0.00000380. The van der Waals surface area contributed by atoms with Crippen molar-refractivity contribution >= 4 is 28.3 Å². The van der Waals surface area contributed by atoms with Crippen molar-refractivity contribution in [1.29, 1.82) is 0 Å². The fourth-order valence-corrected chi connectivity index (χ4v) is 5.50. The van der Waals surface area contributed by atoms with Crippen molar-refractivity contribution in [3.63, 3.8) is 0 Å². The third kappa shape index (κ3) is 7.87. The molecule has 4 rings (SSSR count). The van der Waals surface area contributed by atoms with Crippen LogP contribution in [-0.2, 0) is 27.8 Å². The van der Waals surface area contributed by atoms with Gasteiger partial charge in [0, 0.05) is 33.2 Å². The Labute approximate surface area is 225 Å². The molecule has 7 nitrogen and oxygen atoms in total. The summed E-state index contributed by atoms with van der Waals surface area (Å²) >= 11 is 0. The maximum atomic E-state index is 13.2. The van der Waals surface area contributed by atoms with Crippen molar-refractivity contribution in [2.45, 2.75) is 36.4 Å². The maximum absolute atomic E-state index is 13.2. The van der Waals surface area contributed by atoms with E-state index in [4.69, 9.17) is 0 Å². The van der Waals surface area contributed by atoms with E-state index in [1.54, 1.807) is 35.2 Å². The number of benzene rings is 3. The van der Waals surface area contributed by atoms with Crippen LogP contribution in [0.15, 0.2) is 89.8 Å². The fourth-order valence-electron chi connectivity index (χ4n) is 4.46. The normalized spacial score (nSPS) is 16.6. The van der Waals surface area contributed by atoms with Gasteiger partial charge in [-0.1, -0.05) is 72.8 Å². The lowest BCUT2D eigenvalue weighted by Gasteiger charge is -2.32. The van der Waals surface area contributed by atoms with Gasteiger partial charge in [0.15, 0.2) is 0 Å². The first-order valence-electron chi connectivity index (χ1n) is 12.2. The van der Waals surface area contributed by atoms with Gasteiger partial charge in [-0.15, -0.1) is 12.4 Å². The van der Waals surface area contributed by atoms with Gasteiger partial charge in [-0.05, 0) is 35.2 Å². The Kier molecular flexibility index (Phi) is 10.3. The van der Waals surface area contributed by atoms with E-state index in [1.165, 1.54) is 0 Å². The molecule has 1 fully saturated rings. The van der Waals surface area contributed by atoms with Crippen LogP contribution in [0.25, 0.3) is 0 Å². The number of amides is 1. The lowest BCUT2D eigenvalue weighted by molar-refractivity contribution is -0.131. The van der Waals surface area contributed by atoms with E-state index in [-0.39, 0.29) is 48.3 Å². The number of nitrogens with one attached hydrogen (secondary N) is 1. The van der Waals surface area contributed by atoms with Gasteiger partial charge in [-0.25, -0.2) is 13.1 Å². The summed E-state index contributed by atoms with van der Waals surface area (Å²) in [5.74, 6) is 0.00105. The van der Waals surface area contributed by atoms with E-state index >= 15 is 0 Å². The standard InChI is InChI=1S/C28H33N3O4S.ClH/c1-30(27(24-8-4-2-5-9-24)21-31-17-16-25(32)20-31)28(33)18-22-12-14-23(15-13-22)19-29-36(34,35)26-10-6-3-7-11-26;/h2-15,25,27,29,32H,16-21H2,1H3;1H. The van der Waals surface area contributed by atoms with E-state index in [0.717, 1.165) is 29.7 Å². The van der Waals surface area contributed by atoms with E-state index in [1.807, 2.05) is 61.6 Å². The Morgan fingerprint density at radius 1 is 1.00 bits per heavy atom. The van der Waals surface area contributed by atoms with Crippen LogP contribution < -0.4 is 4.72 Å². The summed E-state index contributed by atoms with van der Waals surface area (Å²) in [6.07, 6.45) is 0.698. The first-order valence-corrected chi connectivity index (χ1v) is 13.6. The molecule has 0 radical (unpaired) electrons. The average molecular weight is 544 g/mol. The molecular formula is C28H34ClN3O4S. The maximum Gasteiger partial charge on any atom is 0.240 e. The van der Waals surface area contributed by atoms with E-state index < -0.39 is 10.0 Å². The number of hydrogen-bond donors (Lipinski definition) is 2. The molecule has 37 heavy (non-hydrogen) atoms. The van der Waals surface area contributed by atoms with Gasteiger partial charge in [0.2, 0.25) is 15.9 Å². The summed E-state index contributed by atoms with van der Waals surface area (Å²) in [6, 6.07) is 25.6. The first kappa shape index (κ1) is 28.8. The molecule has 1 aliphatic heterocycles. The molecule has 2 N–H and O–H groups in total. The number of rotatable bonds is 10. The number of carbonyl (C=O) groups excluding carboxylic acids is 1. The van der Waals surface area contributed by atoms with Crippen LogP contribution in [0.2, 0.25) is 0 Å². The Hall–Kier alpha value is -2.75. The highest BCUT2D eigenvalue weighted by molar-refractivity contribution is 7.89. The molecule has 9 heteroatoms. The van der Waals surface area contributed by atoms with Gasteiger partial charge in [0.25, 0.3) is 0 Å². The van der Waals surface area contributed by atoms with Crippen molar-refractivity contribution in [2.75, 3.05) is 26.7 Å². The molecule has 0 saturated carbocycles. The van der Waals surface area contributed by atoms with Crippen molar-refractivity contribution in [1.82, 2.24) is 14.5 Å². The SMILES string of the molecule is CN(C(=O)Cc1ccc(CNS(=O)(=O)c2ccccc2)cc1)C(CN1CCC(O)C1)c1ccccc1.Cl. The van der Waals surface area contributed by atoms with Crippen molar-refractivity contribution in [2.24, 2.45) is 0 Å². The molecule has 0 bridgehead atoms. The van der Waals surface area contributed by atoms with Gasteiger partial charge >= 0.3 is 0 Å². The van der Waals surface area contributed by atoms with Crippen LogP contribution in [0, 0.1) is 0 Å². The second kappa shape index (κ2) is 13.2. The fraction of sp³-hybridized carbons (Fsp3) is 0.321. The monoisotopic (exact) mass is 543 g/mol. The number of carbonyl (C=O) groups is 1. The van der Waals surface area contributed by atoms with Crippen LogP contribution in [0.3, 0.4) is 0 Å². The van der Waals surface area contributed by atoms with Gasteiger partial charge in [0.1, 0.15) is 0 Å². The van der Waals surface area contributed by atoms with Gasteiger partial charge in [-0.3, -0.25) is 9.69 Å². The molecule has 3 aromatic rings. The molecule has 0 spiro atoms. The molecule has 2 unspecified atom stereocenters. The number of aliphatic hydroxyl groups excluding tert-OH is 1. The van der Waals surface area contributed by atoms with Crippen LogP contribution in [-0.4, -0.2) is 62.0 Å². The highest BCUT2D eigenvalue weighted by Crippen LogP contribution is 2.24. The zero-order valence-electron chi connectivity index (χ0n) is 20.9. The zero-order chi connectivity index (χ0) is 25.5. The Morgan fingerprint density at radius 2 is 1.59 bits per heavy atom. The quantitative estimate of drug-likeness (QED) is 0.409. The summed E-state index contributed by atoms with van der Waals surface area (Å²) in [6.45, 7) is 2.29. The molecule has 2 atom stereocenters. The van der Waals surface area contributed by atoms with Crippen molar-refractivity contribution in [3.05, 3.63) is 102 Å². The number of aliphatic hydroxyl groups is 1. The highest BCUT2D eigenvalue weighted by atomic mass is 35.5. The molecule has 0 aliphatic carbocycles.